The van der Waals surface area contributed by atoms with E-state index >= 15 is 0 Å². The number of aromatic amines is 1. The Morgan fingerprint density at radius 3 is 3.00 bits per heavy atom. The van der Waals surface area contributed by atoms with Gasteiger partial charge >= 0.3 is 0 Å². The summed E-state index contributed by atoms with van der Waals surface area (Å²) in [5.74, 6) is 0. The van der Waals surface area contributed by atoms with Gasteiger partial charge in [-0.3, -0.25) is 0 Å². The van der Waals surface area contributed by atoms with Gasteiger partial charge in [0.15, 0.2) is 0 Å². The molecule has 1 saturated heterocycles. The van der Waals surface area contributed by atoms with Crippen molar-refractivity contribution in [2.24, 2.45) is 0 Å². The third-order valence-electron chi connectivity index (χ3n) is 4.75. The summed E-state index contributed by atoms with van der Waals surface area (Å²) in [4.78, 5) is 4.78. The molecule has 0 saturated carbocycles. The lowest BCUT2D eigenvalue weighted by atomic mass is 9.97. The van der Waals surface area contributed by atoms with Crippen molar-refractivity contribution in [3.05, 3.63) is 47.5 Å². The first-order chi connectivity index (χ1) is 10.9. The Balaban J connectivity index is 1.56. The zero-order valence-corrected chi connectivity index (χ0v) is 13.6. The van der Waals surface area contributed by atoms with Gasteiger partial charge in [-0.05, 0) is 66.9 Å². The van der Waals surface area contributed by atoms with E-state index < -0.39 is 0 Å². The molecule has 4 rings (SSSR count). The summed E-state index contributed by atoms with van der Waals surface area (Å²) in [5, 5.41) is 7.19. The van der Waals surface area contributed by atoms with Crippen LogP contribution >= 0.6 is 11.3 Å². The number of hydrogen-bond acceptors (Lipinski definition) is 2. The second-order valence-electron chi connectivity index (χ2n) is 6.24. The van der Waals surface area contributed by atoms with Crippen LogP contribution in [-0.4, -0.2) is 17.6 Å². The summed E-state index contributed by atoms with van der Waals surface area (Å²) in [6.07, 6.45) is 8.66. The smallest absolute Gasteiger partial charge is 0.0457 e. The Kier molecular flexibility index (Phi) is 4.00. The maximum Gasteiger partial charge on any atom is 0.0457 e. The average molecular weight is 310 g/mol. The molecule has 1 fully saturated rings. The van der Waals surface area contributed by atoms with Crippen molar-refractivity contribution in [3.8, 4) is 10.4 Å². The molecule has 3 heterocycles. The molecule has 1 unspecified atom stereocenters. The lowest BCUT2D eigenvalue weighted by molar-refractivity contribution is 0.383. The van der Waals surface area contributed by atoms with Crippen LogP contribution in [0, 0.1) is 0 Å². The molecule has 0 spiro atoms. The SMILES string of the molecule is c1csc(-c2ccc3[nH]cc(CCC4CCCCN4)c3c2)c1. The minimum absolute atomic E-state index is 0.708. The van der Waals surface area contributed by atoms with Gasteiger partial charge in [-0.2, -0.15) is 0 Å². The topological polar surface area (TPSA) is 27.8 Å². The van der Waals surface area contributed by atoms with Gasteiger partial charge in [0.05, 0.1) is 0 Å². The number of rotatable bonds is 4. The van der Waals surface area contributed by atoms with Crippen molar-refractivity contribution in [1.82, 2.24) is 10.3 Å². The van der Waals surface area contributed by atoms with Crippen LogP contribution in [0.2, 0.25) is 0 Å². The van der Waals surface area contributed by atoms with Crippen molar-refractivity contribution < 1.29 is 0 Å². The number of hydrogen-bond donors (Lipinski definition) is 2. The fourth-order valence-electron chi connectivity index (χ4n) is 3.48. The minimum Gasteiger partial charge on any atom is -0.361 e. The molecular weight excluding hydrogens is 288 g/mol. The molecule has 1 aliphatic heterocycles. The summed E-state index contributed by atoms with van der Waals surface area (Å²) < 4.78 is 0. The van der Waals surface area contributed by atoms with E-state index in [-0.39, 0.29) is 0 Å². The van der Waals surface area contributed by atoms with Gasteiger partial charge < -0.3 is 10.3 Å². The predicted octanol–water partition coefficient (Wildman–Crippen LogP) is 4.97. The fourth-order valence-corrected chi connectivity index (χ4v) is 4.21. The first-order valence-corrected chi connectivity index (χ1v) is 9.15. The van der Waals surface area contributed by atoms with E-state index in [0.29, 0.717) is 6.04 Å². The normalized spacial score (nSPS) is 18.8. The van der Waals surface area contributed by atoms with Crippen LogP contribution in [0.15, 0.2) is 41.9 Å². The molecule has 114 valence electrons. The van der Waals surface area contributed by atoms with Crippen LogP contribution in [0.1, 0.15) is 31.2 Å². The molecule has 2 aromatic heterocycles. The molecule has 3 aromatic rings. The van der Waals surface area contributed by atoms with Crippen molar-refractivity contribution in [3.63, 3.8) is 0 Å². The van der Waals surface area contributed by atoms with Gasteiger partial charge in [0.2, 0.25) is 0 Å². The average Bonchev–Trinajstić information content (AvgIpc) is 3.23. The molecule has 0 bridgehead atoms. The van der Waals surface area contributed by atoms with Crippen LogP contribution in [0.5, 0.6) is 0 Å². The van der Waals surface area contributed by atoms with Crippen LogP contribution in [-0.2, 0) is 6.42 Å². The molecule has 1 atom stereocenters. The van der Waals surface area contributed by atoms with Gasteiger partial charge in [-0.1, -0.05) is 18.6 Å². The summed E-state index contributed by atoms with van der Waals surface area (Å²) in [7, 11) is 0. The zero-order valence-electron chi connectivity index (χ0n) is 12.8. The number of thiophene rings is 1. The monoisotopic (exact) mass is 310 g/mol. The van der Waals surface area contributed by atoms with E-state index in [9.17, 15) is 0 Å². The highest BCUT2D eigenvalue weighted by Crippen LogP contribution is 2.30. The molecule has 1 aliphatic rings. The number of H-pyrrole nitrogens is 1. The van der Waals surface area contributed by atoms with Gasteiger partial charge in [0.25, 0.3) is 0 Å². The molecule has 0 amide bonds. The van der Waals surface area contributed by atoms with Gasteiger partial charge in [-0.25, -0.2) is 0 Å². The molecule has 22 heavy (non-hydrogen) atoms. The highest BCUT2D eigenvalue weighted by molar-refractivity contribution is 7.13. The highest BCUT2D eigenvalue weighted by Gasteiger charge is 2.13. The summed E-state index contributed by atoms with van der Waals surface area (Å²) in [5.41, 5.74) is 4.05. The lowest BCUT2D eigenvalue weighted by Gasteiger charge is -2.23. The van der Waals surface area contributed by atoms with E-state index in [1.54, 1.807) is 0 Å². The Hall–Kier alpha value is -1.58. The number of nitrogens with one attached hydrogen (secondary N) is 2. The third-order valence-corrected chi connectivity index (χ3v) is 5.67. The lowest BCUT2D eigenvalue weighted by Crippen LogP contribution is -2.34. The summed E-state index contributed by atoms with van der Waals surface area (Å²) in [6, 6.07) is 11.8. The summed E-state index contributed by atoms with van der Waals surface area (Å²) in [6.45, 7) is 1.20. The van der Waals surface area contributed by atoms with Crippen molar-refractivity contribution in [2.45, 2.75) is 38.1 Å². The van der Waals surface area contributed by atoms with Crippen LogP contribution in [0.3, 0.4) is 0 Å². The molecule has 0 aliphatic carbocycles. The van der Waals surface area contributed by atoms with E-state index in [1.807, 2.05) is 11.3 Å². The molecular formula is C19H22N2S. The van der Waals surface area contributed by atoms with E-state index in [4.69, 9.17) is 0 Å². The minimum atomic E-state index is 0.708. The third kappa shape index (κ3) is 2.83. The largest absolute Gasteiger partial charge is 0.361 e. The molecule has 0 radical (unpaired) electrons. The molecule has 3 heteroatoms. The maximum atomic E-state index is 3.65. The second kappa shape index (κ2) is 6.27. The number of aryl methyl sites for hydroxylation is 1. The fraction of sp³-hybridized carbons (Fsp3) is 0.368. The Morgan fingerprint density at radius 2 is 2.18 bits per heavy atom. The van der Waals surface area contributed by atoms with Crippen molar-refractivity contribution in [1.29, 1.82) is 0 Å². The Labute approximate surface area is 135 Å². The van der Waals surface area contributed by atoms with Crippen LogP contribution < -0.4 is 5.32 Å². The Morgan fingerprint density at radius 1 is 1.18 bits per heavy atom. The van der Waals surface area contributed by atoms with Crippen LogP contribution in [0.4, 0.5) is 0 Å². The number of fused-ring (bicyclic) bond motifs is 1. The highest BCUT2D eigenvalue weighted by atomic mass is 32.1. The number of benzene rings is 1. The van der Waals surface area contributed by atoms with Gasteiger partial charge in [0, 0.05) is 28.0 Å². The molecule has 1 aromatic carbocycles. The first kappa shape index (κ1) is 14.0. The molecule has 2 N–H and O–H groups in total. The number of aromatic nitrogens is 1. The Bertz CT molecular complexity index is 736. The zero-order chi connectivity index (χ0) is 14.8. The predicted molar refractivity (Wildman–Crippen MR) is 95.6 cm³/mol. The van der Waals surface area contributed by atoms with Crippen molar-refractivity contribution >= 4 is 22.2 Å². The van der Waals surface area contributed by atoms with Crippen molar-refractivity contribution in [2.75, 3.05) is 6.54 Å². The van der Waals surface area contributed by atoms with Gasteiger partial charge in [0.1, 0.15) is 0 Å². The maximum absolute atomic E-state index is 3.65. The molecule has 2 nitrogen and oxygen atoms in total. The second-order valence-corrected chi connectivity index (χ2v) is 7.18. The van der Waals surface area contributed by atoms with E-state index in [1.165, 1.54) is 59.1 Å². The summed E-state index contributed by atoms with van der Waals surface area (Å²) >= 11 is 1.81. The standard InChI is InChI=1S/C19H22N2S/c1-2-10-20-16(4-1)8-6-15-13-21-18-9-7-14(12-17(15)18)19-5-3-11-22-19/h3,5,7,9,11-13,16,20-21H,1-2,4,6,8,10H2. The number of piperidine rings is 1. The van der Waals surface area contributed by atoms with Gasteiger partial charge in [-0.15, -0.1) is 11.3 Å². The van der Waals surface area contributed by atoms with E-state index in [0.717, 1.165) is 6.42 Å². The van der Waals surface area contributed by atoms with E-state index in [2.05, 4.69) is 52.2 Å². The van der Waals surface area contributed by atoms with Crippen LogP contribution in [0.25, 0.3) is 21.3 Å². The quantitative estimate of drug-likeness (QED) is 0.699. The first-order valence-electron chi connectivity index (χ1n) is 8.27.